The van der Waals surface area contributed by atoms with Crippen LogP contribution in [-0.2, 0) is 0 Å². The lowest BCUT2D eigenvalue weighted by Gasteiger charge is -2.38. The molecule has 5 heteroatoms. The Bertz CT molecular complexity index is 898. The van der Waals surface area contributed by atoms with Gasteiger partial charge < -0.3 is 24.3 Å². The Balaban J connectivity index is 1.75. The fourth-order valence-corrected chi connectivity index (χ4v) is 4.65. The maximum Gasteiger partial charge on any atom is 0.203 e. The van der Waals surface area contributed by atoms with Gasteiger partial charge in [0.2, 0.25) is 5.75 Å². The predicted molar refractivity (Wildman–Crippen MR) is 119 cm³/mol. The average molecular weight is 410 g/mol. The summed E-state index contributed by atoms with van der Waals surface area (Å²) in [5.41, 5.74) is 3.53. The second-order valence-electron chi connectivity index (χ2n) is 7.86. The Hall–Kier alpha value is -2.82. The summed E-state index contributed by atoms with van der Waals surface area (Å²) < 4.78 is 22.9. The topological polar surface area (TPSA) is 49.0 Å². The zero-order valence-corrected chi connectivity index (χ0v) is 18.2. The summed E-state index contributed by atoms with van der Waals surface area (Å²) in [7, 11) is 4.94. The molecule has 30 heavy (non-hydrogen) atoms. The number of hydrogen-bond acceptors (Lipinski definition) is 5. The van der Waals surface area contributed by atoms with Crippen molar-refractivity contribution in [1.29, 1.82) is 0 Å². The van der Waals surface area contributed by atoms with Gasteiger partial charge in [-0.2, -0.15) is 0 Å². The van der Waals surface area contributed by atoms with Gasteiger partial charge in [-0.15, -0.1) is 0 Å². The van der Waals surface area contributed by atoms with E-state index in [9.17, 15) is 0 Å². The van der Waals surface area contributed by atoms with Crippen molar-refractivity contribution in [2.24, 2.45) is 5.92 Å². The van der Waals surface area contributed by atoms with Crippen molar-refractivity contribution in [2.45, 2.75) is 38.1 Å². The van der Waals surface area contributed by atoms with Crippen LogP contribution in [0.2, 0.25) is 0 Å². The van der Waals surface area contributed by atoms with Crippen molar-refractivity contribution in [3.05, 3.63) is 53.6 Å². The van der Waals surface area contributed by atoms with Crippen LogP contribution in [0.5, 0.6) is 23.0 Å². The number of ether oxygens (including phenoxy) is 4. The first-order chi connectivity index (χ1) is 14.7. The lowest BCUT2D eigenvalue weighted by atomic mass is 9.77. The normalized spacial score (nSPS) is 21.4. The molecule has 1 aliphatic carbocycles. The summed E-state index contributed by atoms with van der Waals surface area (Å²) in [4.78, 5) is 0. The van der Waals surface area contributed by atoms with Gasteiger partial charge in [0.25, 0.3) is 0 Å². The molecule has 160 valence electrons. The van der Waals surface area contributed by atoms with E-state index >= 15 is 0 Å². The zero-order valence-electron chi connectivity index (χ0n) is 18.2. The van der Waals surface area contributed by atoms with Crippen LogP contribution < -0.4 is 24.3 Å². The Morgan fingerprint density at radius 3 is 2.43 bits per heavy atom. The Labute approximate surface area is 179 Å². The summed E-state index contributed by atoms with van der Waals surface area (Å²) in [6, 6.07) is 10.6. The number of allylic oxidation sites excluding steroid dienone is 2. The van der Waals surface area contributed by atoms with Crippen molar-refractivity contribution in [2.75, 3.05) is 33.3 Å². The van der Waals surface area contributed by atoms with Gasteiger partial charge >= 0.3 is 0 Å². The van der Waals surface area contributed by atoms with Crippen LogP contribution in [0.15, 0.2) is 42.5 Å². The Morgan fingerprint density at radius 1 is 1.00 bits per heavy atom. The molecule has 2 aromatic carbocycles. The summed E-state index contributed by atoms with van der Waals surface area (Å²) >= 11 is 0. The number of unbranched alkanes of at least 4 members (excludes halogenated alkanes) is 1. The second-order valence-corrected chi connectivity index (χ2v) is 7.86. The molecule has 4 rings (SSSR count). The van der Waals surface area contributed by atoms with E-state index in [1.807, 2.05) is 0 Å². The van der Waals surface area contributed by atoms with E-state index in [2.05, 4.69) is 54.7 Å². The first-order valence-electron chi connectivity index (χ1n) is 10.7. The number of methoxy groups -OCH3 is 3. The highest BCUT2D eigenvalue weighted by atomic mass is 16.5. The molecule has 1 aliphatic heterocycles. The lowest BCUT2D eigenvalue weighted by Crippen LogP contribution is -2.29. The molecule has 1 N–H and O–H groups in total. The molecule has 5 nitrogen and oxygen atoms in total. The van der Waals surface area contributed by atoms with E-state index in [1.54, 1.807) is 21.3 Å². The molecule has 1 heterocycles. The quantitative estimate of drug-likeness (QED) is 0.446. The highest BCUT2D eigenvalue weighted by Gasteiger charge is 2.39. The Kier molecular flexibility index (Phi) is 6.07. The van der Waals surface area contributed by atoms with Crippen LogP contribution in [0.3, 0.4) is 0 Å². The summed E-state index contributed by atoms with van der Waals surface area (Å²) in [5, 5.41) is 3.80. The molecule has 0 radical (unpaired) electrons. The van der Waals surface area contributed by atoms with Gasteiger partial charge in [0.1, 0.15) is 5.75 Å². The number of nitrogens with one attached hydrogen (secondary N) is 1. The molecule has 0 amide bonds. The van der Waals surface area contributed by atoms with E-state index in [-0.39, 0.29) is 6.04 Å². The van der Waals surface area contributed by atoms with Gasteiger partial charge in [-0.25, -0.2) is 0 Å². The number of benzene rings is 2. The fraction of sp³-hybridized carbons (Fsp3) is 0.440. The third-order valence-electron chi connectivity index (χ3n) is 6.16. The van der Waals surface area contributed by atoms with Crippen molar-refractivity contribution in [3.63, 3.8) is 0 Å². The van der Waals surface area contributed by atoms with Gasteiger partial charge in [0.15, 0.2) is 11.5 Å². The minimum absolute atomic E-state index is 0.113. The number of fused-ring (bicyclic) bond motifs is 3. The third-order valence-corrected chi connectivity index (χ3v) is 6.16. The number of hydrogen-bond donors (Lipinski definition) is 1. The molecule has 2 aliphatic rings. The summed E-state index contributed by atoms with van der Waals surface area (Å²) in [6.07, 6.45) is 7.82. The average Bonchev–Trinajstić information content (AvgIpc) is 3.28. The van der Waals surface area contributed by atoms with Crippen molar-refractivity contribution >= 4 is 5.69 Å². The van der Waals surface area contributed by atoms with Crippen LogP contribution in [-0.4, -0.2) is 27.9 Å². The molecule has 0 bridgehead atoms. The van der Waals surface area contributed by atoms with E-state index < -0.39 is 0 Å². The van der Waals surface area contributed by atoms with E-state index in [1.165, 1.54) is 5.56 Å². The van der Waals surface area contributed by atoms with E-state index in [0.29, 0.717) is 29.1 Å². The fourth-order valence-electron chi connectivity index (χ4n) is 4.65. The van der Waals surface area contributed by atoms with Crippen LogP contribution in [0.25, 0.3) is 0 Å². The minimum Gasteiger partial charge on any atom is -0.493 e. The van der Waals surface area contributed by atoms with Gasteiger partial charge in [-0.05, 0) is 48.1 Å². The molecular formula is C25H31NO4. The van der Waals surface area contributed by atoms with E-state index in [4.69, 9.17) is 18.9 Å². The van der Waals surface area contributed by atoms with Gasteiger partial charge in [0.05, 0.1) is 39.7 Å². The smallest absolute Gasteiger partial charge is 0.203 e. The molecule has 0 saturated carbocycles. The highest BCUT2D eigenvalue weighted by Crippen LogP contribution is 2.53. The molecule has 0 aromatic heterocycles. The zero-order chi connectivity index (χ0) is 21.1. The molecule has 0 fully saturated rings. The van der Waals surface area contributed by atoms with Crippen LogP contribution in [0.1, 0.15) is 49.3 Å². The SMILES string of the molecule is CCCCOc1cccc2c1NC(c1cc(OC)c(OC)c(OC)c1)C1CC=CC21. The van der Waals surface area contributed by atoms with Crippen molar-refractivity contribution in [3.8, 4) is 23.0 Å². The molecular weight excluding hydrogens is 378 g/mol. The van der Waals surface area contributed by atoms with E-state index in [0.717, 1.165) is 42.9 Å². The van der Waals surface area contributed by atoms with Gasteiger partial charge in [-0.3, -0.25) is 0 Å². The van der Waals surface area contributed by atoms with Crippen LogP contribution in [0, 0.1) is 5.92 Å². The molecule has 0 spiro atoms. The van der Waals surface area contributed by atoms with Crippen molar-refractivity contribution < 1.29 is 18.9 Å². The molecule has 3 unspecified atom stereocenters. The summed E-state index contributed by atoms with van der Waals surface area (Å²) in [5.74, 6) is 3.68. The number of anilines is 1. The van der Waals surface area contributed by atoms with Crippen LogP contribution in [0.4, 0.5) is 5.69 Å². The predicted octanol–water partition coefficient (Wildman–Crippen LogP) is 5.72. The summed E-state index contributed by atoms with van der Waals surface area (Å²) in [6.45, 7) is 2.91. The van der Waals surface area contributed by atoms with Gasteiger partial charge in [0, 0.05) is 5.92 Å². The largest absolute Gasteiger partial charge is 0.493 e. The molecule has 2 aromatic rings. The maximum absolute atomic E-state index is 6.15. The van der Waals surface area contributed by atoms with Crippen LogP contribution >= 0.6 is 0 Å². The standard InChI is InChI=1S/C25H31NO4/c1-5-6-13-30-20-12-8-11-19-17-9-7-10-18(17)23(26-24(19)20)16-14-21(27-2)25(29-4)22(15-16)28-3/h7-9,11-12,14-15,17-18,23,26H,5-6,10,13H2,1-4H3. The first kappa shape index (κ1) is 20.5. The van der Waals surface area contributed by atoms with Crippen molar-refractivity contribution in [1.82, 2.24) is 0 Å². The second kappa shape index (κ2) is 8.90. The molecule has 0 saturated heterocycles. The van der Waals surface area contributed by atoms with Gasteiger partial charge in [-0.1, -0.05) is 37.6 Å². The first-order valence-corrected chi connectivity index (χ1v) is 10.7. The third kappa shape index (κ3) is 3.57. The lowest BCUT2D eigenvalue weighted by molar-refractivity contribution is 0.307. The number of para-hydroxylation sites is 1. The highest BCUT2D eigenvalue weighted by molar-refractivity contribution is 5.68. The monoisotopic (exact) mass is 409 g/mol. The number of rotatable bonds is 8. The molecule has 3 atom stereocenters. The minimum atomic E-state index is 0.113. The Morgan fingerprint density at radius 2 is 1.77 bits per heavy atom. The maximum atomic E-state index is 6.15.